The smallest absolute Gasteiger partial charge is 0.344 e. The molecular formula is C28H27NO2. The second-order valence-corrected chi connectivity index (χ2v) is 8.41. The Morgan fingerprint density at radius 1 is 0.774 bits per heavy atom. The van der Waals surface area contributed by atoms with Crippen molar-refractivity contribution < 1.29 is 9.53 Å². The van der Waals surface area contributed by atoms with E-state index in [2.05, 4.69) is 37.3 Å². The minimum atomic E-state index is -0.347. The Morgan fingerprint density at radius 3 is 2.06 bits per heavy atom. The van der Waals surface area contributed by atoms with Crippen LogP contribution in [-0.2, 0) is 0 Å². The molecule has 0 amide bonds. The number of carbonyl (C=O) groups is 1. The largest absolute Gasteiger partial charge is 0.422 e. The van der Waals surface area contributed by atoms with Gasteiger partial charge in [-0.25, -0.2) is 9.78 Å². The van der Waals surface area contributed by atoms with Gasteiger partial charge in [-0.05, 0) is 69.9 Å². The highest BCUT2D eigenvalue weighted by Crippen LogP contribution is 2.33. The number of pyridine rings is 1. The number of esters is 1. The monoisotopic (exact) mass is 409 g/mol. The second-order valence-electron chi connectivity index (χ2n) is 8.41. The molecule has 0 aliphatic heterocycles. The van der Waals surface area contributed by atoms with E-state index < -0.39 is 0 Å². The van der Waals surface area contributed by atoms with Crippen molar-refractivity contribution >= 4 is 16.9 Å². The van der Waals surface area contributed by atoms with E-state index in [1.165, 1.54) is 5.56 Å². The summed E-state index contributed by atoms with van der Waals surface area (Å²) in [5.74, 6) is 0.277. The lowest BCUT2D eigenvalue weighted by Crippen LogP contribution is -2.14. The van der Waals surface area contributed by atoms with Gasteiger partial charge in [-0.1, -0.05) is 59.7 Å². The van der Waals surface area contributed by atoms with Crippen molar-refractivity contribution in [2.75, 3.05) is 0 Å². The highest BCUT2D eigenvalue weighted by atomic mass is 16.5. The molecule has 0 unspecified atom stereocenters. The average molecular weight is 410 g/mol. The van der Waals surface area contributed by atoms with E-state index in [9.17, 15) is 4.79 Å². The summed E-state index contributed by atoms with van der Waals surface area (Å²) in [4.78, 5) is 18.6. The van der Waals surface area contributed by atoms with Crippen molar-refractivity contribution in [3.05, 3.63) is 93.5 Å². The number of carbonyl (C=O) groups excluding carboxylic acids is 1. The second kappa shape index (κ2) is 7.99. The molecule has 0 radical (unpaired) electrons. The Balaban J connectivity index is 1.97. The molecule has 0 aliphatic carbocycles. The predicted molar refractivity (Wildman–Crippen MR) is 127 cm³/mol. The fourth-order valence-electron chi connectivity index (χ4n) is 4.17. The summed E-state index contributed by atoms with van der Waals surface area (Å²) in [7, 11) is 0. The van der Waals surface area contributed by atoms with Gasteiger partial charge < -0.3 is 4.74 Å². The third-order valence-electron chi connectivity index (χ3n) is 5.80. The topological polar surface area (TPSA) is 39.2 Å². The highest BCUT2D eigenvalue weighted by Gasteiger charge is 2.23. The molecule has 3 aromatic carbocycles. The van der Waals surface area contributed by atoms with Crippen LogP contribution in [0.3, 0.4) is 0 Å². The molecule has 156 valence electrons. The zero-order valence-corrected chi connectivity index (χ0v) is 19.0. The third kappa shape index (κ3) is 3.84. The van der Waals surface area contributed by atoms with E-state index in [1.807, 2.05) is 58.9 Å². The van der Waals surface area contributed by atoms with E-state index >= 15 is 0 Å². The van der Waals surface area contributed by atoms with Crippen molar-refractivity contribution in [1.82, 2.24) is 4.98 Å². The molecule has 0 bridgehead atoms. The SMILES string of the molecule is Cc1ccc(-c2nc3c(C)cc(C)cc3c(C(=O)Oc3c(C)cccc3C)c2C)cc1. The molecule has 4 aromatic rings. The fourth-order valence-corrected chi connectivity index (χ4v) is 4.17. The van der Waals surface area contributed by atoms with Crippen LogP contribution < -0.4 is 4.74 Å². The van der Waals surface area contributed by atoms with Gasteiger partial charge in [-0.15, -0.1) is 0 Å². The Labute approximate surface area is 183 Å². The van der Waals surface area contributed by atoms with Crippen molar-refractivity contribution in [3.63, 3.8) is 0 Å². The standard InChI is InChI=1S/C28H27NO2/c1-16-10-12-22(13-11-16)26-21(6)24(23-15-17(2)14-20(5)25(23)29-26)28(30)31-27-18(3)8-7-9-19(27)4/h7-15H,1-6H3. The van der Waals surface area contributed by atoms with Crippen molar-refractivity contribution in [1.29, 1.82) is 0 Å². The van der Waals surface area contributed by atoms with Crippen LogP contribution in [0.4, 0.5) is 0 Å². The minimum Gasteiger partial charge on any atom is -0.422 e. The van der Waals surface area contributed by atoms with Gasteiger partial charge in [-0.2, -0.15) is 0 Å². The summed E-state index contributed by atoms with van der Waals surface area (Å²) in [5, 5.41) is 0.835. The highest BCUT2D eigenvalue weighted by molar-refractivity contribution is 6.08. The van der Waals surface area contributed by atoms with Gasteiger partial charge in [0.2, 0.25) is 0 Å². The van der Waals surface area contributed by atoms with E-state index in [1.54, 1.807) is 0 Å². The van der Waals surface area contributed by atoms with Crippen molar-refractivity contribution in [2.45, 2.75) is 41.5 Å². The molecular weight excluding hydrogens is 382 g/mol. The molecule has 0 aliphatic rings. The van der Waals surface area contributed by atoms with Crippen LogP contribution in [0.1, 0.15) is 43.7 Å². The van der Waals surface area contributed by atoms with Crippen LogP contribution >= 0.6 is 0 Å². The number of fused-ring (bicyclic) bond motifs is 1. The number of nitrogens with zero attached hydrogens (tertiary/aromatic N) is 1. The summed E-state index contributed by atoms with van der Waals surface area (Å²) < 4.78 is 5.97. The number of aromatic nitrogens is 1. The minimum absolute atomic E-state index is 0.347. The van der Waals surface area contributed by atoms with Gasteiger partial charge >= 0.3 is 5.97 Å². The molecule has 0 saturated heterocycles. The summed E-state index contributed by atoms with van der Waals surface area (Å²) in [5.41, 5.74) is 9.25. The van der Waals surface area contributed by atoms with Crippen LogP contribution in [0, 0.1) is 41.5 Å². The summed E-state index contributed by atoms with van der Waals surface area (Å²) >= 11 is 0. The Bertz CT molecular complexity index is 1300. The van der Waals surface area contributed by atoms with Crippen molar-refractivity contribution in [3.8, 4) is 17.0 Å². The van der Waals surface area contributed by atoms with Crippen LogP contribution in [0.15, 0.2) is 54.6 Å². The van der Waals surface area contributed by atoms with E-state index in [0.29, 0.717) is 11.3 Å². The predicted octanol–water partition coefficient (Wildman–Crippen LogP) is 6.97. The average Bonchev–Trinajstić information content (AvgIpc) is 2.71. The first-order valence-electron chi connectivity index (χ1n) is 10.5. The zero-order chi connectivity index (χ0) is 22.3. The molecule has 3 nitrogen and oxygen atoms in total. The number of benzene rings is 3. The van der Waals surface area contributed by atoms with Crippen LogP contribution in [0.2, 0.25) is 0 Å². The van der Waals surface area contributed by atoms with Gasteiger partial charge in [-0.3, -0.25) is 0 Å². The molecule has 0 saturated carbocycles. The normalized spacial score (nSPS) is 11.0. The molecule has 0 spiro atoms. The fraction of sp³-hybridized carbons (Fsp3) is 0.214. The lowest BCUT2D eigenvalue weighted by atomic mass is 9.95. The van der Waals surface area contributed by atoms with Gasteiger partial charge in [0, 0.05) is 10.9 Å². The van der Waals surface area contributed by atoms with Gasteiger partial charge in [0.1, 0.15) is 5.75 Å². The number of rotatable bonds is 3. The Hall–Kier alpha value is -3.46. The number of ether oxygens (including phenoxy) is 1. The maximum absolute atomic E-state index is 13.6. The van der Waals surface area contributed by atoms with Crippen LogP contribution in [0.25, 0.3) is 22.2 Å². The molecule has 0 atom stereocenters. The van der Waals surface area contributed by atoms with E-state index in [0.717, 1.165) is 50.0 Å². The van der Waals surface area contributed by atoms with E-state index in [-0.39, 0.29) is 5.97 Å². The quantitative estimate of drug-likeness (QED) is 0.271. The molecule has 1 aromatic heterocycles. The molecule has 31 heavy (non-hydrogen) atoms. The Morgan fingerprint density at radius 2 is 1.42 bits per heavy atom. The number of hydrogen-bond donors (Lipinski definition) is 0. The molecule has 3 heteroatoms. The maximum atomic E-state index is 13.6. The number of para-hydroxylation sites is 1. The first-order chi connectivity index (χ1) is 14.8. The van der Waals surface area contributed by atoms with Crippen LogP contribution in [0.5, 0.6) is 5.75 Å². The maximum Gasteiger partial charge on any atom is 0.344 e. The summed E-state index contributed by atoms with van der Waals surface area (Å²) in [6.07, 6.45) is 0. The third-order valence-corrected chi connectivity index (χ3v) is 5.80. The number of aryl methyl sites for hydroxylation is 5. The van der Waals surface area contributed by atoms with Crippen molar-refractivity contribution in [2.24, 2.45) is 0 Å². The van der Waals surface area contributed by atoms with Gasteiger partial charge in [0.25, 0.3) is 0 Å². The first-order valence-corrected chi connectivity index (χ1v) is 10.5. The Kier molecular flexibility index (Phi) is 5.36. The molecule has 1 heterocycles. The number of hydrogen-bond acceptors (Lipinski definition) is 3. The van der Waals surface area contributed by atoms with E-state index in [4.69, 9.17) is 9.72 Å². The molecule has 4 rings (SSSR count). The zero-order valence-electron chi connectivity index (χ0n) is 19.0. The summed E-state index contributed by atoms with van der Waals surface area (Å²) in [6.45, 7) is 12.0. The summed E-state index contributed by atoms with van der Waals surface area (Å²) in [6, 6.07) is 18.3. The van der Waals surface area contributed by atoms with Gasteiger partial charge in [0.15, 0.2) is 0 Å². The molecule has 0 fully saturated rings. The lowest BCUT2D eigenvalue weighted by molar-refractivity contribution is 0.0733. The van der Waals surface area contributed by atoms with Crippen LogP contribution in [-0.4, -0.2) is 11.0 Å². The lowest BCUT2D eigenvalue weighted by Gasteiger charge is -2.17. The first kappa shape index (κ1) is 20.8. The van der Waals surface area contributed by atoms with Gasteiger partial charge in [0.05, 0.1) is 16.8 Å². The molecule has 0 N–H and O–H groups in total.